The highest BCUT2D eigenvalue weighted by molar-refractivity contribution is 5.80. The Labute approximate surface area is 124 Å². The van der Waals surface area contributed by atoms with Crippen LogP contribution in [0.1, 0.15) is 46.4 Å². The second-order valence-electron chi connectivity index (χ2n) is 6.15. The lowest BCUT2D eigenvalue weighted by atomic mass is 10.1. The highest BCUT2D eigenvalue weighted by atomic mass is 16.6. The van der Waals surface area contributed by atoms with E-state index in [1.54, 1.807) is 33.3 Å². The van der Waals surface area contributed by atoms with Crippen LogP contribution in [0.5, 0.6) is 0 Å². The van der Waals surface area contributed by atoms with Crippen molar-refractivity contribution in [3.8, 4) is 0 Å². The van der Waals surface area contributed by atoms with Crippen LogP contribution in [0.2, 0.25) is 0 Å². The van der Waals surface area contributed by atoms with Gasteiger partial charge >= 0.3 is 12.1 Å². The van der Waals surface area contributed by atoms with Gasteiger partial charge in [-0.2, -0.15) is 0 Å². The minimum atomic E-state index is -1.13. The molecule has 1 heterocycles. The molecule has 21 heavy (non-hydrogen) atoms. The van der Waals surface area contributed by atoms with Gasteiger partial charge in [-0.3, -0.25) is 0 Å². The third-order valence-electron chi connectivity index (χ3n) is 2.65. The lowest BCUT2D eigenvalue weighted by Crippen LogP contribution is -2.44. The SMILES string of the molecule is CC(C)n1cnc(C[C@H](NC(=O)OC(C)(C)C)C(=O)O)c1. The number of aliphatic carboxylic acids is 1. The summed E-state index contributed by atoms with van der Waals surface area (Å²) in [4.78, 5) is 27.0. The topological polar surface area (TPSA) is 93.5 Å². The van der Waals surface area contributed by atoms with Crippen molar-refractivity contribution in [3.63, 3.8) is 0 Å². The largest absolute Gasteiger partial charge is 0.480 e. The number of imidazole rings is 1. The van der Waals surface area contributed by atoms with Crippen LogP contribution in [0.15, 0.2) is 12.5 Å². The van der Waals surface area contributed by atoms with E-state index in [9.17, 15) is 14.7 Å². The lowest BCUT2D eigenvalue weighted by molar-refractivity contribution is -0.139. The van der Waals surface area contributed by atoms with E-state index in [4.69, 9.17) is 4.74 Å². The number of aromatic nitrogens is 2. The molecule has 2 N–H and O–H groups in total. The Morgan fingerprint density at radius 2 is 2.05 bits per heavy atom. The molecule has 0 saturated heterocycles. The minimum absolute atomic E-state index is 0.105. The number of amides is 1. The fraction of sp³-hybridized carbons (Fsp3) is 0.643. The van der Waals surface area contributed by atoms with Crippen LogP contribution in [0.3, 0.4) is 0 Å². The molecule has 0 spiro atoms. The molecular weight excluding hydrogens is 274 g/mol. The van der Waals surface area contributed by atoms with E-state index in [-0.39, 0.29) is 12.5 Å². The zero-order valence-corrected chi connectivity index (χ0v) is 13.1. The second kappa shape index (κ2) is 6.60. The van der Waals surface area contributed by atoms with Gasteiger partial charge in [0, 0.05) is 18.7 Å². The van der Waals surface area contributed by atoms with Crippen LogP contribution in [-0.4, -0.2) is 38.4 Å². The quantitative estimate of drug-likeness (QED) is 0.866. The maximum absolute atomic E-state index is 11.7. The molecule has 0 fully saturated rings. The van der Waals surface area contributed by atoms with E-state index in [1.807, 2.05) is 18.4 Å². The Bertz CT molecular complexity index is 503. The van der Waals surface area contributed by atoms with Crippen molar-refractivity contribution in [2.45, 2.75) is 58.7 Å². The zero-order valence-electron chi connectivity index (χ0n) is 13.1. The van der Waals surface area contributed by atoms with Crippen LogP contribution in [-0.2, 0) is 16.0 Å². The van der Waals surface area contributed by atoms with Crippen molar-refractivity contribution < 1.29 is 19.4 Å². The first kappa shape index (κ1) is 17.0. The van der Waals surface area contributed by atoms with Gasteiger partial charge in [0.05, 0.1) is 12.0 Å². The average Bonchev–Trinajstić information content (AvgIpc) is 2.74. The van der Waals surface area contributed by atoms with E-state index >= 15 is 0 Å². The number of nitrogens with one attached hydrogen (secondary N) is 1. The van der Waals surface area contributed by atoms with Crippen LogP contribution >= 0.6 is 0 Å². The molecule has 0 aliphatic rings. The number of carbonyl (C=O) groups is 2. The second-order valence-corrected chi connectivity index (χ2v) is 6.15. The van der Waals surface area contributed by atoms with Crippen molar-refractivity contribution in [1.82, 2.24) is 14.9 Å². The molecule has 7 heteroatoms. The first-order valence-corrected chi connectivity index (χ1v) is 6.83. The number of rotatable bonds is 5. The van der Waals surface area contributed by atoms with Crippen molar-refractivity contribution in [2.75, 3.05) is 0 Å². The van der Waals surface area contributed by atoms with Gasteiger partial charge in [-0.15, -0.1) is 0 Å². The molecule has 7 nitrogen and oxygen atoms in total. The smallest absolute Gasteiger partial charge is 0.408 e. The normalized spacial score (nSPS) is 13.0. The molecule has 0 saturated carbocycles. The third-order valence-corrected chi connectivity index (χ3v) is 2.65. The molecule has 1 aromatic rings. The predicted molar refractivity (Wildman–Crippen MR) is 77.1 cm³/mol. The highest BCUT2D eigenvalue weighted by Gasteiger charge is 2.25. The van der Waals surface area contributed by atoms with Gasteiger partial charge in [0.1, 0.15) is 11.6 Å². The maximum atomic E-state index is 11.7. The van der Waals surface area contributed by atoms with Crippen molar-refractivity contribution in [1.29, 1.82) is 0 Å². The fourth-order valence-corrected chi connectivity index (χ4v) is 1.63. The lowest BCUT2D eigenvalue weighted by Gasteiger charge is -2.21. The van der Waals surface area contributed by atoms with Crippen LogP contribution in [0, 0.1) is 0 Å². The highest BCUT2D eigenvalue weighted by Crippen LogP contribution is 2.09. The molecule has 1 rings (SSSR count). The average molecular weight is 297 g/mol. The summed E-state index contributed by atoms with van der Waals surface area (Å²) in [6, 6.07) is -0.830. The summed E-state index contributed by atoms with van der Waals surface area (Å²) >= 11 is 0. The van der Waals surface area contributed by atoms with Crippen molar-refractivity contribution in [2.24, 2.45) is 0 Å². The summed E-state index contributed by atoms with van der Waals surface area (Å²) in [6.07, 6.45) is 2.77. The summed E-state index contributed by atoms with van der Waals surface area (Å²) in [5.41, 5.74) is -0.0704. The molecule has 1 amide bonds. The molecule has 0 unspecified atom stereocenters. The number of carboxylic acid groups (broad SMARTS) is 1. The van der Waals surface area contributed by atoms with Crippen molar-refractivity contribution >= 4 is 12.1 Å². The molecular formula is C14H23N3O4. The van der Waals surface area contributed by atoms with Crippen LogP contribution in [0.25, 0.3) is 0 Å². The summed E-state index contributed by atoms with van der Waals surface area (Å²) < 4.78 is 6.94. The summed E-state index contributed by atoms with van der Waals surface area (Å²) in [6.45, 7) is 9.14. The Hall–Kier alpha value is -2.05. The predicted octanol–water partition coefficient (Wildman–Crippen LogP) is 1.98. The Morgan fingerprint density at radius 3 is 2.48 bits per heavy atom. The standard InChI is InChI=1S/C14H23N3O4/c1-9(2)17-7-10(15-8-17)6-11(12(18)19)16-13(20)21-14(3,4)5/h7-9,11H,6H2,1-5H3,(H,16,20)(H,18,19)/t11-/m0/s1. The molecule has 0 radical (unpaired) electrons. The molecule has 0 bridgehead atoms. The zero-order chi connectivity index (χ0) is 16.2. The summed E-state index contributed by atoms with van der Waals surface area (Å²) in [7, 11) is 0. The van der Waals surface area contributed by atoms with E-state index in [2.05, 4.69) is 10.3 Å². The number of alkyl carbamates (subject to hydrolysis) is 1. The number of carboxylic acids is 1. The van der Waals surface area contributed by atoms with Gasteiger partial charge in [-0.05, 0) is 34.6 Å². The van der Waals surface area contributed by atoms with E-state index < -0.39 is 23.7 Å². The fourth-order valence-electron chi connectivity index (χ4n) is 1.63. The molecule has 0 aliphatic carbocycles. The van der Waals surface area contributed by atoms with Gasteiger partial charge in [0.2, 0.25) is 0 Å². The number of carbonyl (C=O) groups excluding carboxylic acids is 1. The number of ether oxygens (including phenoxy) is 1. The summed E-state index contributed by atoms with van der Waals surface area (Å²) in [5.74, 6) is -1.13. The molecule has 0 aromatic carbocycles. The third kappa shape index (κ3) is 5.85. The van der Waals surface area contributed by atoms with Gasteiger partial charge in [0.15, 0.2) is 0 Å². The van der Waals surface area contributed by atoms with E-state index in [0.29, 0.717) is 5.69 Å². The molecule has 118 valence electrons. The van der Waals surface area contributed by atoms with Gasteiger partial charge in [-0.1, -0.05) is 0 Å². The maximum Gasteiger partial charge on any atom is 0.408 e. The van der Waals surface area contributed by atoms with E-state index in [1.165, 1.54) is 0 Å². The number of nitrogens with zero attached hydrogens (tertiary/aromatic N) is 2. The monoisotopic (exact) mass is 297 g/mol. The Balaban J connectivity index is 2.69. The number of hydrogen-bond donors (Lipinski definition) is 2. The molecule has 0 aliphatic heterocycles. The van der Waals surface area contributed by atoms with Crippen LogP contribution in [0.4, 0.5) is 4.79 Å². The Kier molecular flexibility index (Phi) is 5.34. The van der Waals surface area contributed by atoms with Crippen molar-refractivity contribution in [3.05, 3.63) is 18.2 Å². The molecule has 1 atom stereocenters. The first-order chi connectivity index (χ1) is 9.58. The minimum Gasteiger partial charge on any atom is -0.480 e. The van der Waals surface area contributed by atoms with Gasteiger partial charge in [0.25, 0.3) is 0 Å². The van der Waals surface area contributed by atoms with E-state index in [0.717, 1.165) is 0 Å². The first-order valence-electron chi connectivity index (χ1n) is 6.83. The van der Waals surface area contributed by atoms with Gasteiger partial charge in [-0.25, -0.2) is 14.6 Å². The van der Waals surface area contributed by atoms with Crippen LogP contribution < -0.4 is 5.32 Å². The Morgan fingerprint density at radius 1 is 1.43 bits per heavy atom. The summed E-state index contributed by atoms with van der Waals surface area (Å²) in [5, 5.41) is 11.5. The number of hydrogen-bond acceptors (Lipinski definition) is 4. The molecule has 1 aromatic heterocycles. The van der Waals surface area contributed by atoms with Gasteiger partial charge < -0.3 is 19.7 Å².